The predicted octanol–water partition coefficient (Wildman–Crippen LogP) is 9.51. The maximum Gasteiger partial charge on any atom is 0.150 e. The van der Waals surface area contributed by atoms with E-state index in [0.29, 0.717) is 0 Å². The van der Waals surface area contributed by atoms with E-state index in [-0.39, 0.29) is 0 Å². The van der Waals surface area contributed by atoms with Crippen LogP contribution in [-0.2, 0) is 0 Å². The second kappa shape index (κ2) is 19.9. The molecule has 0 saturated heterocycles. The van der Waals surface area contributed by atoms with Crippen LogP contribution in [0.1, 0.15) is 0 Å². The summed E-state index contributed by atoms with van der Waals surface area (Å²) >= 11 is 0. The molecule has 0 spiro atoms. The summed E-state index contributed by atoms with van der Waals surface area (Å²) in [4.78, 5) is 0. The first-order valence-corrected chi connectivity index (χ1v) is 27.0. The Kier molecular flexibility index (Phi) is 13.8. The Morgan fingerprint density at radius 3 is 0.655 bits per heavy atom. The van der Waals surface area contributed by atoms with Crippen molar-refractivity contribution >= 4 is 73.1 Å². The van der Waals surface area contributed by atoms with E-state index in [2.05, 4.69) is 253 Å². The summed E-state index contributed by atoms with van der Waals surface area (Å²) in [6, 6.07) is 90.1. The minimum absolute atomic E-state index is 0.689. The van der Waals surface area contributed by atoms with Crippen LogP contribution in [-0.4, -0.2) is 24.9 Å². The summed E-state index contributed by atoms with van der Waals surface area (Å²) in [6.45, 7) is 1.64. The Hall–Kier alpha value is -4.60. The molecule has 0 radical (unpaired) electrons. The monoisotopic (exact) mass is 826 g/mol. The third-order valence-electron chi connectivity index (χ3n) is 10.7. The van der Waals surface area contributed by atoms with Gasteiger partial charge in [-0.05, 0) is 85.6 Å². The standard InChI is InChI=1S/C52H50N2P4/c1-9-25-45(26-10-1)55(46-27-11-2-12-28-46)43-57(49-33-17-5-18-34-49,50-35-19-6-20-36-50)53-41-42-54-58(51-37-21-7-22-38-51,52-39-23-8-24-40-52)44-56(47-29-13-3-14-30-47)48-31-15-4-16-32-48/h1-40,53-54H,41-44H2/q+2. The van der Waals surface area contributed by atoms with Gasteiger partial charge in [-0.1, -0.05) is 194 Å². The highest BCUT2D eigenvalue weighted by Crippen LogP contribution is 2.62. The molecule has 6 heteroatoms. The zero-order chi connectivity index (χ0) is 39.3. The Morgan fingerprint density at radius 1 is 0.259 bits per heavy atom. The molecule has 0 atom stereocenters. The normalized spacial score (nSPS) is 11.8. The van der Waals surface area contributed by atoms with E-state index in [9.17, 15) is 0 Å². The van der Waals surface area contributed by atoms with Gasteiger partial charge in [0.05, 0.1) is 0 Å². The molecule has 0 aliphatic heterocycles. The van der Waals surface area contributed by atoms with Crippen molar-refractivity contribution in [2.45, 2.75) is 0 Å². The van der Waals surface area contributed by atoms with Crippen molar-refractivity contribution in [3.63, 3.8) is 0 Å². The largest absolute Gasteiger partial charge is 0.181 e. The molecular weight excluding hydrogens is 776 g/mol. The molecule has 0 saturated carbocycles. The van der Waals surface area contributed by atoms with Gasteiger partial charge in [0.15, 0.2) is 14.8 Å². The van der Waals surface area contributed by atoms with Gasteiger partial charge in [0.25, 0.3) is 0 Å². The summed E-state index contributed by atoms with van der Waals surface area (Å²) in [5.41, 5.74) is 0. The molecular formula is C52H50N2P4+2. The topological polar surface area (TPSA) is 24.1 Å². The van der Waals surface area contributed by atoms with Crippen LogP contribution in [0.4, 0.5) is 0 Å². The number of hydrogen-bond donors (Lipinski definition) is 2. The summed E-state index contributed by atoms with van der Waals surface area (Å²) in [5.74, 6) is 2.05. The lowest BCUT2D eigenvalue weighted by molar-refractivity contribution is 0.852. The van der Waals surface area contributed by atoms with Crippen LogP contribution in [0, 0.1) is 0 Å². The van der Waals surface area contributed by atoms with E-state index in [4.69, 9.17) is 0 Å². The lowest BCUT2D eigenvalue weighted by Crippen LogP contribution is -2.42. The van der Waals surface area contributed by atoms with Crippen LogP contribution >= 0.6 is 30.7 Å². The van der Waals surface area contributed by atoms with Crippen LogP contribution in [0.2, 0.25) is 0 Å². The Balaban J connectivity index is 1.21. The maximum absolute atomic E-state index is 4.42. The van der Waals surface area contributed by atoms with Gasteiger partial charge in [0.2, 0.25) is 0 Å². The van der Waals surface area contributed by atoms with Crippen molar-refractivity contribution in [2.24, 2.45) is 0 Å². The van der Waals surface area contributed by atoms with Crippen molar-refractivity contribution < 1.29 is 0 Å². The molecule has 0 heterocycles. The molecule has 58 heavy (non-hydrogen) atoms. The summed E-state index contributed by atoms with van der Waals surface area (Å²) < 4.78 is 0. The molecule has 0 aliphatic rings. The first kappa shape index (κ1) is 40.2. The molecule has 0 unspecified atom stereocenters. The van der Waals surface area contributed by atoms with Crippen molar-refractivity contribution in [1.82, 2.24) is 10.2 Å². The zero-order valence-electron chi connectivity index (χ0n) is 32.7. The average Bonchev–Trinajstić information content (AvgIpc) is 3.32. The summed E-state index contributed by atoms with van der Waals surface area (Å²) in [7, 11) is -5.74. The molecule has 2 N–H and O–H groups in total. The minimum Gasteiger partial charge on any atom is -0.181 e. The lowest BCUT2D eigenvalue weighted by Gasteiger charge is -2.33. The highest BCUT2D eigenvalue weighted by atomic mass is 31.2. The Morgan fingerprint density at radius 2 is 0.448 bits per heavy atom. The molecule has 286 valence electrons. The van der Waals surface area contributed by atoms with Crippen molar-refractivity contribution in [3.05, 3.63) is 243 Å². The molecule has 0 amide bonds. The van der Waals surface area contributed by atoms with Crippen molar-refractivity contribution in [1.29, 1.82) is 0 Å². The quantitative estimate of drug-likeness (QED) is 0.0707. The third-order valence-corrected chi connectivity index (χ3v) is 26.2. The van der Waals surface area contributed by atoms with Gasteiger partial charge in [-0.15, -0.1) is 0 Å². The van der Waals surface area contributed by atoms with Gasteiger partial charge in [-0.2, -0.15) is 10.2 Å². The number of nitrogens with one attached hydrogen (secondary N) is 2. The smallest absolute Gasteiger partial charge is 0.150 e. The van der Waals surface area contributed by atoms with E-state index in [1.165, 1.54) is 42.4 Å². The first-order chi connectivity index (χ1) is 28.8. The summed E-state index contributed by atoms with van der Waals surface area (Å²) in [5, 5.41) is 20.0. The molecule has 0 bridgehead atoms. The van der Waals surface area contributed by atoms with Gasteiger partial charge in [0, 0.05) is 13.1 Å². The molecule has 8 rings (SSSR count). The van der Waals surface area contributed by atoms with Gasteiger partial charge in [-0.3, -0.25) is 0 Å². The maximum atomic E-state index is 4.42. The van der Waals surface area contributed by atoms with E-state index in [1.54, 1.807) is 0 Å². The van der Waals surface area contributed by atoms with Crippen LogP contribution < -0.4 is 52.6 Å². The fourth-order valence-electron chi connectivity index (χ4n) is 7.79. The van der Waals surface area contributed by atoms with E-state index in [0.717, 1.165) is 24.9 Å². The average molecular weight is 827 g/mol. The highest BCUT2D eigenvalue weighted by Gasteiger charge is 2.48. The second-order valence-electron chi connectivity index (χ2n) is 14.3. The van der Waals surface area contributed by atoms with Gasteiger partial charge in [-0.25, -0.2) is 0 Å². The minimum atomic E-state index is -2.18. The zero-order valence-corrected chi connectivity index (χ0v) is 36.3. The molecule has 8 aromatic rings. The highest BCUT2D eigenvalue weighted by molar-refractivity contribution is 7.98. The molecule has 0 aliphatic carbocycles. The summed E-state index contributed by atoms with van der Waals surface area (Å²) in [6.07, 6.45) is 0. The second-order valence-corrected chi connectivity index (χ2v) is 26.2. The van der Waals surface area contributed by atoms with Crippen molar-refractivity contribution in [2.75, 3.05) is 24.9 Å². The van der Waals surface area contributed by atoms with Gasteiger partial charge >= 0.3 is 0 Å². The van der Waals surface area contributed by atoms with Crippen LogP contribution in [0.15, 0.2) is 243 Å². The van der Waals surface area contributed by atoms with Crippen LogP contribution in [0.5, 0.6) is 0 Å². The van der Waals surface area contributed by atoms with Crippen molar-refractivity contribution in [3.8, 4) is 0 Å². The van der Waals surface area contributed by atoms with E-state index >= 15 is 0 Å². The lowest BCUT2D eigenvalue weighted by atomic mass is 10.4. The third kappa shape index (κ3) is 9.31. The molecule has 0 fully saturated rings. The Bertz CT molecular complexity index is 2060. The number of benzene rings is 8. The predicted molar refractivity (Wildman–Crippen MR) is 262 cm³/mol. The van der Waals surface area contributed by atoms with Crippen LogP contribution in [0.25, 0.3) is 0 Å². The number of hydrogen-bond acceptors (Lipinski definition) is 2. The Labute approximate surface area is 349 Å². The van der Waals surface area contributed by atoms with E-state index in [1.807, 2.05) is 0 Å². The molecule has 0 aromatic heterocycles. The number of rotatable bonds is 17. The van der Waals surface area contributed by atoms with E-state index < -0.39 is 30.7 Å². The fourth-order valence-corrected chi connectivity index (χ4v) is 25.0. The molecule has 2 nitrogen and oxygen atoms in total. The van der Waals surface area contributed by atoms with Crippen LogP contribution in [0.3, 0.4) is 0 Å². The van der Waals surface area contributed by atoms with Gasteiger partial charge in [0.1, 0.15) is 33.0 Å². The fraction of sp³-hybridized carbons (Fsp3) is 0.0769. The molecule has 8 aromatic carbocycles. The first-order valence-electron chi connectivity index (χ1n) is 20.0. The van der Waals surface area contributed by atoms with Gasteiger partial charge < -0.3 is 0 Å². The SMILES string of the molecule is c1ccc(P(C[P+](NCCN[P+](CP(c2ccccc2)c2ccccc2)(c2ccccc2)c2ccccc2)(c2ccccc2)c2ccccc2)c2ccccc2)cc1.